The van der Waals surface area contributed by atoms with Gasteiger partial charge in [-0.2, -0.15) is 0 Å². The first-order valence-corrected chi connectivity index (χ1v) is 4.96. The van der Waals surface area contributed by atoms with Crippen molar-refractivity contribution < 1.29 is 5.11 Å². The van der Waals surface area contributed by atoms with Gasteiger partial charge in [0.05, 0.1) is 12.3 Å². The third-order valence-corrected chi connectivity index (χ3v) is 2.16. The van der Waals surface area contributed by atoms with Crippen LogP contribution in [0, 0.1) is 0 Å². The van der Waals surface area contributed by atoms with Crippen molar-refractivity contribution in [2.75, 3.05) is 6.61 Å². The monoisotopic (exact) mass is 244 g/mol. The molecule has 0 saturated heterocycles. The van der Waals surface area contributed by atoms with Crippen molar-refractivity contribution in [3.05, 3.63) is 28.5 Å². The minimum Gasteiger partial charge on any atom is -0.395 e. The van der Waals surface area contributed by atoms with Crippen LogP contribution in [0.25, 0.3) is 0 Å². The number of aromatic nitrogens is 1. The quantitative estimate of drug-likeness (QED) is 0.840. The average molecular weight is 245 g/mol. The molecule has 4 heteroatoms. The summed E-state index contributed by atoms with van der Waals surface area (Å²) in [5.41, 5.74) is 0.975. The Hall–Kier alpha value is -0.450. The third kappa shape index (κ3) is 3.85. The van der Waals surface area contributed by atoms with Crippen molar-refractivity contribution in [3.8, 4) is 0 Å². The van der Waals surface area contributed by atoms with Crippen LogP contribution in [0.5, 0.6) is 0 Å². The van der Waals surface area contributed by atoms with Gasteiger partial charge in [-0.05, 0) is 35.0 Å². The van der Waals surface area contributed by atoms with E-state index in [9.17, 15) is 0 Å². The molecule has 0 fully saturated rings. The fourth-order valence-electron chi connectivity index (χ4n) is 0.854. The van der Waals surface area contributed by atoms with E-state index in [0.717, 1.165) is 10.2 Å². The summed E-state index contributed by atoms with van der Waals surface area (Å²) in [6, 6.07) is 4.01. The van der Waals surface area contributed by atoms with E-state index in [1.807, 2.05) is 19.1 Å². The summed E-state index contributed by atoms with van der Waals surface area (Å²) in [5, 5.41) is 11.9. The molecule has 72 valence electrons. The molecule has 1 rings (SSSR count). The van der Waals surface area contributed by atoms with E-state index in [4.69, 9.17) is 5.11 Å². The second-order valence-corrected chi connectivity index (χ2v) is 3.85. The molecule has 1 aromatic rings. The lowest BCUT2D eigenvalue weighted by atomic mass is 10.3. The topological polar surface area (TPSA) is 45.1 Å². The Morgan fingerprint density at radius 3 is 2.92 bits per heavy atom. The molecule has 0 amide bonds. The standard InChI is InChI=1S/C9H13BrN2O/c1-7(6-13)11-5-9-3-2-8(10)4-12-9/h2-4,7,11,13H,5-6H2,1H3. The molecule has 1 heterocycles. The van der Waals surface area contributed by atoms with Crippen molar-refractivity contribution in [2.45, 2.75) is 19.5 Å². The van der Waals surface area contributed by atoms with E-state index in [1.54, 1.807) is 6.20 Å². The summed E-state index contributed by atoms with van der Waals surface area (Å²) in [5.74, 6) is 0. The van der Waals surface area contributed by atoms with E-state index >= 15 is 0 Å². The molecule has 1 atom stereocenters. The first kappa shape index (κ1) is 10.6. The van der Waals surface area contributed by atoms with Gasteiger partial charge >= 0.3 is 0 Å². The molecule has 0 radical (unpaired) electrons. The molecule has 0 saturated carbocycles. The highest BCUT2D eigenvalue weighted by atomic mass is 79.9. The zero-order valence-electron chi connectivity index (χ0n) is 7.50. The Labute approximate surface area is 86.3 Å². The molecule has 0 aliphatic rings. The predicted molar refractivity (Wildman–Crippen MR) is 55.3 cm³/mol. The smallest absolute Gasteiger partial charge is 0.0582 e. The number of nitrogens with one attached hydrogen (secondary N) is 1. The fourth-order valence-corrected chi connectivity index (χ4v) is 1.09. The number of hydrogen-bond acceptors (Lipinski definition) is 3. The third-order valence-electron chi connectivity index (χ3n) is 1.69. The lowest BCUT2D eigenvalue weighted by Crippen LogP contribution is -2.28. The summed E-state index contributed by atoms with van der Waals surface area (Å²) in [7, 11) is 0. The highest BCUT2D eigenvalue weighted by molar-refractivity contribution is 9.10. The summed E-state index contributed by atoms with van der Waals surface area (Å²) in [6.45, 7) is 2.77. The van der Waals surface area contributed by atoms with Crippen LogP contribution in [0.3, 0.4) is 0 Å². The molecule has 0 aromatic carbocycles. The molecule has 2 N–H and O–H groups in total. The Bertz CT molecular complexity index is 250. The fraction of sp³-hybridized carbons (Fsp3) is 0.444. The maximum atomic E-state index is 8.77. The van der Waals surface area contributed by atoms with Gasteiger partial charge < -0.3 is 10.4 Å². The molecule has 1 aromatic heterocycles. The minimum absolute atomic E-state index is 0.116. The zero-order chi connectivity index (χ0) is 9.68. The second kappa shape index (κ2) is 5.32. The van der Waals surface area contributed by atoms with Crippen molar-refractivity contribution in [1.82, 2.24) is 10.3 Å². The molecule has 0 aliphatic carbocycles. The Kier molecular flexibility index (Phi) is 4.35. The van der Waals surface area contributed by atoms with Crippen LogP contribution in [0.15, 0.2) is 22.8 Å². The van der Waals surface area contributed by atoms with E-state index < -0.39 is 0 Å². The first-order chi connectivity index (χ1) is 6.22. The SMILES string of the molecule is CC(CO)NCc1ccc(Br)cn1. The van der Waals surface area contributed by atoms with Gasteiger partial charge in [-0.15, -0.1) is 0 Å². The largest absolute Gasteiger partial charge is 0.395 e. The van der Waals surface area contributed by atoms with Crippen LogP contribution in [-0.2, 0) is 6.54 Å². The van der Waals surface area contributed by atoms with E-state index in [2.05, 4.69) is 26.2 Å². The maximum absolute atomic E-state index is 8.77. The Balaban J connectivity index is 2.41. The van der Waals surface area contributed by atoms with Gasteiger partial charge in [0.25, 0.3) is 0 Å². The Morgan fingerprint density at radius 1 is 1.62 bits per heavy atom. The highest BCUT2D eigenvalue weighted by Crippen LogP contribution is 2.07. The molecule has 0 bridgehead atoms. The molecule has 1 unspecified atom stereocenters. The van der Waals surface area contributed by atoms with Gasteiger partial charge in [0.2, 0.25) is 0 Å². The zero-order valence-corrected chi connectivity index (χ0v) is 9.08. The van der Waals surface area contributed by atoms with E-state index in [0.29, 0.717) is 6.54 Å². The summed E-state index contributed by atoms with van der Waals surface area (Å²) >= 11 is 3.32. The van der Waals surface area contributed by atoms with Gasteiger partial charge in [0.1, 0.15) is 0 Å². The van der Waals surface area contributed by atoms with Gasteiger partial charge in [0, 0.05) is 23.3 Å². The van der Waals surface area contributed by atoms with Crippen molar-refractivity contribution in [2.24, 2.45) is 0 Å². The van der Waals surface area contributed by atoms with Crippen LogP contribution in [0.1, 0.15) is 12.6 Å². The molecular weight excluding hydrogens is 232 g/mol. The highest BCUT2D eigenvalue weighted by Gasteiger charge is 1.99. The number of nitrogens with zero attached hydrogens (tertiary/aromatic N) is 1. The normalized spacial score (nSPS) is 12.8. The first-order valence-electron chi connectivity index (χ1n) is 4.17. The lowest BCUT2D eigenvalue weighted by molar-refractivity contribution is 0.250. The van der Waals surface area contributed by atoms with Crippen molar-refractivity contribution in [1.29, 1.82) is 0 Å². The molecule has 13 heavy (non-hydrogen) atoms. The van der Waals surface area contributed by atoms with E-state index in [-0.39, 0.29) is 12.6 Å². The number of aliphatic hydroxyl groups is 1. The molecule has 0 aliphatic heterocycles. The Morgan fingerprint density at radius 2 is 2.38 bits per heavy atom. The average Bonchev–Trinajstić information content (AvgIpc) is 2.16. The second-order valence-electron chi connectivity index (χ2n) is 2.93. The summed E-state index contributed by atoms with van der Waals surface area (Å²) < 4.78 is 0.978. The number of halogens is 1. The number of rotatable bonds is 4. The van der Waals surface area contributed by atoms with Gasteiger partial charge in [-0.1, -0.05) is 0 Å². The molecule has 0 spiro atoms. The molecule has 3 nitrogen and oxygen atoms in total. The molecular formula is C9H13BrN2O. The number of aliphatic hydroxyl groups excluding tert-OH is 1. The van der Waals surface area contributed by atoms with Crippen LogP contribution >= 0.6 is 15.9 Å². The van der Waals surface area contributed by atoms with Gasteiger partial charge in [0.15, 0.2) is 0 Å². The summed E-state index contributed by atoms with van der Waals surface area (Å²) in [4.78, 5) is 4.19. The van der Waals surface area contributed by atoms with Crippen LogP contribution in [0.4, 0.5) is 0 Å². The van der Waals surface area contributed by atoms with Crippen LogP contribution < -0.4 is 5.32 Å². The lowest BCUT2D eigenvalue weighted by Gasteiger charge is -2.09. The van der Waals surface area contributed by atoms with E-state index in [1.165, 1.54) is 0 Å². The number of hydrogen-bond donors (Lipinski definition) is 2. The van der Waals surface area contributed by atoms with Crippen molar-refractivity contribution in [3.63, 3.8) is 0 Å². The van der Waals surface area contributed by atoms with Gasteiger partial charge in [-0.3, -0.25) is 4.98 Å². The van der Waals surface area contributed by atoms with Crippen LogP contribution in [-0.4, -0.2) is 22.7 Å². The van der Waals surface area contributed by atoms with Crippen molar-refractivity contribution >= 4 is 15.9 Å². The van der Waals surface area contributed by atoms with Gasteiger partial charge in [-0.25, -0.2) is 0 Å². The summed E-state index contributed by atoms with van der Waals surface area (Å²) in [6.07, 6.45) is 1.76. The maximum Gasteiger partial charge on any atom is 0.0582 e. The number of pyridine rings is 1. The minimum atomic E-state index is 0.116. The van der Waals surface area contributed by atoms with Crippen LogP contribution in [0.2, 0.25) is 0 Å². The predicted octanol–water partition coefficient (Wildman–Crippen LogP) is 1.31.